The van der Waals surface area contributed by atoms with E-state index >= 15 is 0 Å². The first-order valence-electron chi connectivity index (χ1n) is 14.2. The largest absolute Gasteiger partial charge is 0.459 e. The highest BCUT2D eigenvalue weighted by Gasteiger charge is 2.30. The molecule has 0 aliphatic carbocycles. The summed E-state index contributed by atoms with van der Waals surface area (Å²) in [5.41, 5.74) is 1.48. The number of aromatic nitrogens is 2. The van der Waals surface area contributed by atoms with Crippen molar-refractivity contribution in [1.29, 1.82) is 0 Å². The van der Waals surface area contributed by atoms with E-state index in [1.165, 1.54) is 49.1 Å². The van der Waals surface area contributed by atoms with E-state index in [0.717, 1.165) is 41.9 Å². The molecule has 222 valence electrons. The van der Waals surface area contributed by atoms with Gasteiger partial charge in [-0.15, -0.1) is 0 Å². The molecule has 0 bridgehead atoms. The van der Waals surface area contributed by atoms with Gasteiger partial charge in [-0.25, -0.2) is 4.79 Å². The summed E-state index contributed by atoms with van der Waals surface area (Å²) in [5, 5.41) is 4.09. The van der Waals surface area contributed by atoms with Crippen LogP contribution < -0.4 is 0 Å². The summed E-state index contributed by atoms with van der Waals surface area (Å²) >= 11 is 0. The molecule has 7 nitrogen and oxygen atoms in total. The first-order chi connectivity index (χ1) is 19.7. The predicted molar refractivity (Wildman–Crippen MR) is 148 cm³/mol. The molecule has 0 unspecified atom stereocenters. The van der Waals surface area contributed by atoms with Gasteiger partial charge in [0.15, 0.2) is 5.82 Å². The average molecular weight is 574 g/mol. The van der Waals surface area contributed by atoms with Crippen molar-refractivity contribution in [3.8, 4) is 0 Å². The normalized spacial score (nSPS) is 11.4. The summed E-state index contributed by atoms with van der Waals surface area (Å²) in [6.07, 6.45) is 4.89. The van der Waals surface area contributed by atoms with E-state index in [2.05, 4.69) is 17.1 Å². The molecular weight excluding hydrogens is 535 g/mol. The first kappa shape index (κ1) is 31.8. The maximum absolute atomic E-state index is 12.9. The number of esters is 1. The van der Waals surface area contributed by atoms with Gasteiger partial charge in [-0.1, -0.05) is 80.6 Å². The number of unbranched alkanes of at least 4 members (excludes halogenated alkanes) is 5. The number of aryl methyl sites for hydroxylation is 3. The molecule has 0 spiro atoms. The van der Waals surface area contributed by atoms with Crippen molar-refractivity contribution in [2.45, 2.75) is 90.9 Å². The number of hydrogen-bond acceptors (Lipinski definition) is 6. The Balaban J connectivity index is 1.56. The summed E-state index contributed by atoms with van der Waals surface area (Å²) in [4.78, 5) is 30.7. The topological polar surface area (TPSA) is 85.5 Å². The highest BCUT2D eigenvalue weighted by Crippen LogP contribution is 2.29. The average Bonchev–Trinajstić information content (AvgIpc) is 3.41. The minimum Gasteiger partial charge on any atom is -0.459 e. The number of rotatable bonds is 15. The Bertz CT molecular complexity index is 1220. The van der Waals surface area contributed by atoms with Gasteiger partial charge in [0.25, 0.3) is 0 Å². The molecule has 0 N–H and O–H groups in total. The summed E-state index contributed by atoms with van der Waals surface area (Å²) in [5.74, 6) is -0.529. The maximum Gasteiger partial charge on any atom is 0.416 e. The van der Waals surface area contributed by atoms with Crippen LogP contribution in [-0.2, 0) is 52.9 Å². The molecule has 0 saturated carbocycles. The zero-order valence-corrected chi connectivity index (χ0v) is 23.7. The second kappa shape index (κ2) is 15.9. The fraction of sp³-hybridized carbons (Fsp3) is 0.484. The second-order valence-corrected chi connectivity index (χ2v) is 10.0. The van der Waals surface area contributed by atoms with Gasteiger partial charge in [0.1, 0.15) is 0 Å². The molecule has 0 aliphatic rings. The molecule has 3 rings (SSSR count). The molecule has 0 saturated heterocycles. The number of alkyl halides is 3. The summed E-state index contributed by atoms with van der Waals surface area (Å²) < 4.78 is 49.0. The SMILES string of the molecule is CCCCCCCCc1noc(CCc2ccc(CN(Cc3ccc(C(F)(F)F)cc3)C(=O)C(=O)OCC)cc2)n1. The zero-order chi connectivity index (χ0) is 29.7. The number of nitrogens with zero attached hydrogens (tertiary/aromatic N) is 3. The van der Waals surface area contributed by atoms with Gasteiger partial charge in [0.05, 0.1) is 12.2 Å². The Hall–Kier alpha value is -3.69. The van der Waals surface area contributed by atoms with Crippen molar-refractivity contribution in [2.24, 2.45) is 0 Å². The van der Waals surface area contributed by atoms with E-state index in [1.54, 1.807) is 6.92 Å². The molecule has 1 heterocycles. The molecule has 1 aromatic heterocycles. The summed E-state index contributed by atoms with van der Waals surface area (Å²) in [6, 6.07) is 12.1. The van der Waals surface area contributed by atoms with Crippen LogP contribution in [0.5, 0.6) is 0 Å². The summed E-state index contributed by atoms with van der Waals surface area (Å²) in [6.45, 7) is 3.87. The van der Waals surface area contributed by atoms with Crippen LogP contribution in [0, 0.1) is 0 Å². The Morgan fingerprint density at radius 2 is 1.39 bits per heavy atom. The summed E-state index contributed by atoms with van der Waals surface area (Å²) in [7, 11) is 0. The van der Waals surface area contributed by atoms with Gasteiger partial charge < -0.3 is 14.2 Å². The van der Waals surface area contributed by atoms with Crippen molar-refractivity contribution in [3.05, 3.63) is 82.5 Å². The third-order valence-corrected chi connectivity index (χ3v) is 6.68. The van der Waals surface area contributed by atoms with Crippen LogP contribution in [0.25, 0.3) is 0 Å². The predicted octanol–water partition coefficient (Wildman–Crippen LogP) is 6.87. The van der Waals surface area contributed by atoms with Crippen LogP contribution in [0.3, 0.4) is 0 Å². The van der Waals surface area contributed by atoms with Crippen LogP contribution in [0.2, 0.25) is 0 Å². The molecule has 0 aliphatic heterocycles. The number of benzene rings is 2. The molecule has 10 heteroatoms. The smallest absolute Gasteiger partial charge is 0.416 e. The van der Waals surface area contributed by atoms with Gasteiger partial charge in [-0.3, -0.25) is 4.79 Å². The minimum atomic E-state index is -4.46. The molecule has 2 aromatic carbocycles. The monoisotopic (exact) mass is 573 g/mol. The third kappa shape index (κ3) is 10.7. The van der Waals surface area contributed by atoms with Crippen molar-refractivity contribution in [2.75, 3.05) is 6.61 Å². The number of carbonyl (C=O) groups is 2. The Morgan fingerprint density at radius 3 is 2.00 bits per heavy atom. The Labute approximate surface area is 239 Å². The first-order valence-corrected chi connectivity index (χ1v) is 14.2. The molecule has 3 aromatic rings. The van der Waals surface area contributed by atoms with Crippen LogP contribution in [-0.4, -0.2) is 33.5 Å². The minimum absolute atomic E-state index is 0.0357. The highest BCUT2D eigenvalue weighted by atomic mass is 19.4. The van der Waals surface area contributed by atoms with E-state index < -0.39 is 23.6 Å². The van der Waals surface area contributed by atoms with Crippen LogP contribution in [0.4, 0.5) is 13.2 Å². The van der Waals surface area contributed by atoms with Crippen LogP contribution in [0.15, 0.2) is 53.1 Å². The van der Waals surface area contributed by atoms with Crippen LogP contribution >= 0.6 is 0 Å². The van der Waals surface area contributed by atoms with Crippen LogP contribution in [0.1, 0.15) is 86.3 Å². The number of hydrogen-bond donors (Lipinski definition) is 0. The van der Waals surface area contributed by atoms with E-state index in [1.807, 2.05) is 24.3 Å². The lowest BCUT2D eigenvalue weighted by atomic mass is 10.1. The zero-order valence-electron chi connectivity index (χ0n) is 23.7. The lowest BCUT2D eigenvalue weighted by Crippen LogP contribution is -2.36. The number of halogens is 3. The lowest BCUT2D eigenvalue weighted by molar-refractivity contribution is -0.160. The molecule has 0 atom stereocenters. The Morgan fingerprint density at radius 1 is 0.805 bits per heavy atom. The number of carbonyl (C=O) groups excluding carboxylic acids is 2. The van der Waals surface area contributed by atoms with Gasteiger partial charge in [0.2, 0.25) is 5.89 Å². The molecule has 41 heavy (non-hydrogen) atoms. The van der Waals surface area contributed by atoms with Gasteiger partial charge in [-0.05, 0) is 48.6 Å². The van der Waals surface area contributed by atoms with E-state index in [0.29, 0.717) is 24.3 Å². The fourth-order valence-electron chi connectivity index (χ4n) is 4.38. The standard InChI is InChI=1S/C31H38F3N3O4/c1-3-5-6-7-8-9-10-27-35-28(41-36-27)20-17-23-11-13-24(14-12-23)21-37(29(38)30(39)40-4-2)22-25-15-18-26(19-16-25)31(32,33)34/h11-16,18-19H,3-10,17,20-22H2,1-2H3. The fourth-order valence-corrected chi connectivity index (χ4v) is 4.38. The van der Waals surface area contributed by atoms with E-state index in [-0.39, 0.29) is 19.7 Å². The third-order valence-electron chi connectivity index (χ3n) is 6.68. The van der Waals surface area contributed by atoms with Crippen molar-refractivity contribution in [1.82, 2.24) is 15.0 Å². The molecule has 0 radical (unpaired) electrons. The number of amides is 1. The van der Waals surface area contributed by atoms with Gasteiger partial charge in [-0.2, -0.15) is 18.2 Å². The second-order valence-electron chi connectivity index (χ2n) is 10.0. The quantitative estimate of drug-likeness (QED) is 0.112. The van der Waals surface area contributed by atoms with Crippen molar-refractivity contribution >= 4 is 11.9 Å². The molecular formula is C31H38F3N3O4. The molecule has 0 fully saturated rings. The van der Waals surface area contributed by atoms with Crippen molar-refractivity contribution in [3.63, 3.8) is 0 Å². The number of ether oxygens (including phenoxy) is 1. The van der Waals surface area contributed by atoms with Crippen molar-refractivity contribution < 1.29 is 32.0 Å². The van der Waals surface area contributed by atoms with Gasteiger partial charge >= 0.3 is 18.1 Å². The molecule has 1 amide bonds. The Kier molecular flexibility index (Phi) is 12.4. The highest BCUT2D eigenvalue weighted by molar-refractivity contribution is 6.32. The van der Waals surface area contributed by atoms with Gasteiger partial charge in [0, 0.05) is 25.9 Å². The van der Waals surface area contributed by atoms with E-state index in [9.17, 15) is 22.8 Å². The lowest BCUT2D eigenvalue weighted by Gasteiger charge is -2.22. The maximum atomic E-state index is 12.9. The van der Waals surface area contributed by atoms with E-state index in [4.69, 9.17) is 9.26 Å².